The topological polar surface area (TPSA) is 66.9 Å². The molecule has 6 heteroatoms. The highest BCUT2D eigenvalue weighted by molar-refractivity contribution is 7.99. The summed E-state index contributed by atoms with van der Waals surface area (Å²) in [5.74, 6) is -0.0809. The Kier molecular flexibility index (Phi) is 6.46. The number of carbonyl (C=O) groups excluding carboxylic acids is 1. The molecule has 35 heavy (non-hydrogen) atoms. The van der Waals surface area contributed by atoms with Crippen LogP contribution in [0.1, 0.15) is 12.6 Å². The molecule has 3 aromatic carbocycles. The molecule has 0 saturated heterocycles. The van der Waals surface area contributed by atoms with Crippen LogP contribution in [-0.2, 0) is 4.79 Å². The van der Waals surface area contributed by atoms with E-state index in [1.807, 2.05) is 61.5 Å². The lowest BCUT2D eigenvalue weighted by Crippen LogP contribution is -2.05. The molecule has 0 saturated carbocycles. The fraction of sp³-hybridized carbons (Fsp3) is 0.0690. The van der Waals surface area contributed by atoms with E-state index < -0.39 is 0 Å². The van der Waals surface area contributed by atoms with Gasteiger partial charge in [0.15, 0.2) is 5.65 Å². The number of carbonyl (C=O) groups is 1. The van der Waals surface area contributed by atoms with Crippen LogP contribution < -0.4 is 10.6 Å². The van der Waals surface area contributed by atoms with Crippen molar-refractivity contribution in [1.29, 1.82) is 0 Å². The number of benzene rings is 3. The number of amides is 1. The van der Waals surface area contributed by atoms with E-state index in [2.05, 4.69) is 57.0 Å². The molecule has 0 radical (unpaired) electrons. The predicted molar refractivity (Wildman–Crippen MR) is 144 cm³/mol. The van der Waals surface area contributed by atoms with E-state index in [-0.39, 0.29) is 5.91 Å². The number of hydrogen-bond acceptors (Lipinski definition) is 5. The third-order valence-corrected chi connectivity index (χ3v) is 6.58. The Bertz CT molecular complexity index is 1500. The lowest BCUT2D eigenvalue weighted by Gasteiger charge is -2.16. The minimum Gasteiger partial charge on any atom is -0.354 e. The Balaban J connectivity index is 1.53. The van der Waals surface area contributed by atoms with E-state index in [1.165, 1.54) is 6.92 Å². The summed E-state index contributed by atoms with van der Waals surface area (Å²) in [6.45, 7) is 3.48. The van der Waals surface area contributed by atoms with Crippen LogP contribution in [0.5, 0.6) is 0 Å². The zero-order chi connectivity index (χ0) is 24.2. The summed E-state index contributed by atoms with van der Waals surface area (Å²) in [7, 11) is 0. The Morgan fingerprint density at radius 2 is 1.63 bits per heavy atom. The van der Waals surface area contributed by atoms with Crippen molar-refractivity contribution in [3.63, 3.8) is 0 Å². The van der Waals surface area contributed by atoms with Gasteiger partial charge in [0, 0.05) is 39.7 Å². The fourth-order valence-corrected chi connectivity index (χ4v) is 4.72. The standard InChI is InChI=1S/C29H24N4OS/c1-19-8-14-25-26(16-17-30-29(25)31-19)33-27-18-22(21-6-4-3-5-7-21)9-15-28(27)35-24-12-10-23(11-13-24)32-20(2)34/h3-18H,1-2H3,(H,32,34)(H,30,31,33). The number of rotatable bonds is 6. The molecule has 0 bridgehead atoms. The SMILES string of the molecule is CC(=O)Nc1ccc(Sc2ccc(-c3ccccc3)cc2Nc2ccnc3nc(C)ccc23)cc1. The van der Waals surface area contributed by atoms with Gasteiger partial charge in [-0.25, -0.2) is 9.97 Å². The van der Waals surface area contributed by atoms with Crippen LogP contribution in [0.2, 0.25) is 0 Å². The maximum Gasteiger partial charge on any atom is 0.221 e. The summed E-state index contributed by atoms with van der Waals surface area (Å²) in [5, 5.41) is 7.43. The van der Waals surface area contributed by atoms with Crippen molar-refractivity contribution in [2.45, 2.75) is 23.6 Å². The minimum atomic E-state index is -0.0809. The largest absolute Gasteiger partial charge is 0.354 e. The smallest absolute Gasteiger partial charge is 0.221 e. The van der Waals surface area contributed by atoms with Crippen molar-refractivity contribution in [2.75, 3.05) is 10.6 Å². The van der Waals surface area contributed by atoms with Crippen molar-refractivity contribution in [1.82, 2.24) is 9.97 Å². The van der Waals surface area contributed by atoms with Crippen LogP contribution in [0.3, 0.4) is 0 Å². The molecular formula is C29H24N4OS. The fourth-order valence-electron chi connectivity index (χ4n) is 3.84. The van der Waals surface area contributed by atoms with Crippen LogP contribution in [0.4, 0.5) is 17.1 Å². The van der Waals surface area contributed by atoms with Crippen LogP contribution in [0.15, 0.2) is 107 Å². The molecule has 0 aliphatic heterocycles. The Morgan fingerprint density at radius 3 is 2.40 bits per heavy atom. The maximum atomic E-state index is 11.3. The lowest BCUT2D eigenvalue weighted by atomic mass is 10.1. The number of aryl methyl sites for hydroxylation is 1. The zero-order valence-corrected chi connectivity index (χ0v) is 20.3. The third kappa shape index (κ3) is 5.34. The van der Waals surface area contributed by atoms with Gasteiger partial charge in [-0.15, -0.1) is 0 Å². The molecule has 5 nitrogen and oxygen atoms in total. The average Bonchev–Trinajstić information content (AvgIpc) is 2.86. The second kappa shape index (κ2) is 9.99. The summed E-state index contributed by atoms with van der Waals surface area (Å²) in [4.78, 5) is 22.5. The Morgan fingerprint density at radius 1 is 0.829 bits per heavy atom. The number of aromatic nitrogens is 2. The number of pyridine rings is 2. The second-order valence-electron chi connectivity index (χ2n) is 8.19. The number of fused-ring (bicyclic) bond motifs is 1. The Hall–Kier alpha value is -4.16. The maximum absolute atomic E-state index is 11.3. The van der Waals surface area contributed by atoms with Gasteiger partial charge in [0.2, 0.25) is 5.91 Å². The summed E-state index contributed by atoms with van der Waals surface area (Å²) in [6.07, 6.45) is 1.78. The second-order valence-corrected chi connectivity index (χ2v) is 9.31. The molecule has 1 amide bonds. The van der Waals surface area contributed by atoms with E-state index in [4.69, 9.17) is 0 Å². The van der Waals surface area contributed by atoms with Gasteiger partial charge in [0.1, 0.15) is 0 Å². The first-order valence-corrected chi connectivity index (χ1v) is 12.1. The van der Waals surface area contributed by atoms with Gasteiger partial charge in [0.05, 0.1) is 11.4 Å². The molecule has 172 valence electrons. The number of anilines is 3. The van der Waals surface area contributed by atoms with E-state index in [0.29, 0.717) is 0 Å². The highest BCUT2D eigenvalue weighted by Gasteiger charge is 2.11. The lowest BCUT2D eigenvalue weighted by molar-refractivity contribution is -0.114. The molecule has 0 fully saturated rings. The van der Waals surface area contributed by atoms with Gasteiger partial charge >= 0.3 is 0 Å². The molecular weight excluding hydrogens is 452 g/mol. The van der Waals surface area contributed by atoms with Crippen LogP contribution in [0.25, 0.3) is 22.2 Å². The van der Waals surface area contributed by atoms with E-state index >= 15 is 0 Å². The van der Waals surface area contributed by atoms with Gasteiger partial charge in [-0.3, -0.25) is 4.79 Å². The molecule has 2 aromatic heterocycles. The van der Waals surface area contributed by atoms with E-state index in [0.717, 1.165) is 54.7 Å². The number of nitrogens with one attached hydrogen (secondary N) is 2. The van der Waals surface area contributed by atoms with Crippen LogP contribution in [0, 0.1) is 6.92 Å². The van der Waals surface area contributed by atoms with Gasteiger partial charge in [0.25, 0.3) is 0 Å². The average molecular weight is 477 g/mol. The molecule has 2 heterocycles. The zero-order valence-electron chi connectivity index (χ0n) is 19.4. The highest BCUT2D eigenvalue weighted by Crippen LogP contribution is 2.39. The van der Waals surface area contributed by atoms with E-state index in [1.54, 1.807) is 18.0 Å². The number of nitrogens with zero attached hydrogens (tertiary/aromatic N) is 2. The van der Waals surface area contributed by atoms with Gasteiger partial charge < -0.3 is 10.6 Å². The first-order chi connectivity index (χ1) is 17.0. The normalized spacial score (nSPS) is 10.8. The molecule has 5 rings (SSSR count). The monoisotopic (exact) mass is 476 g/mol. The van der Waals surface area contributed by atoms with Crippen molar-refractivity contribution in [3.8, 4) is 11.1 Å². The van der Waals surface area contributed by atoms with Crippen molar-refractivity contribution >= 4 is 45.8 Å². The summed E-state index contributed by atoms with van der Waals surface area (Å²) < 4.78 is 0. The van der Waals surface area contributed by atoms with Gasteiger partial charge in [-0.2, -0.15) is 0 Å². The van der Waals surface area contributed by atoms with E-state index in [9.17, 15) is 4.79 Å². The minimum absolute atomic E-state index is 0.0809. The number of hydrogen-bond donors (Lipinski definition) is 2. The third-order valence-electron chi connectivity index (χ3n) is 5.50. The molecule has 2 N–H and O–H groups in total. The van der Waals surface area contributed by atoms with Gasteiger partial charge in [-0.05, 0) is 72.6 Å². The van der Waals surface area contributed by atoms with Crippen LogP contribution >= 0.6 is 11.8 Å². The quantitative estimate of drug-likeness (QED) is 0.266. The Labute approximate surface area is 208 Å². The van der Waals surface area contributed by atoms with Crippen molar-refractivity contribution in [3.05, 3.63) is 103 Å². The van der Waals surface area contributed by atoms with Gasteiger partial charge in [-0.1, -0.05) is 48.2 Å². The summed E-state index contributed by atoms with van der Waals surface area (Å²) in [6, 6.07) is 30.7. The summed E-state index contributed by atoms with van der Waals surface area (Å²) >= 11 is 1.67. The first-order valence-electron chi connectivity index (χ1n) is 11.3. The van der Waals surface area contributed by atoms with Crippen LogP contribution in [-0.4, -0.2) is 15.9 Å². The molecule has 0 aliphatic carbocycles. The molecule has 0 unspecified atom stereocenters. The molecule has 0 spiro atoms. The summed E-state index contributed by atoms with van der Waals surface area (Å²) in [5.41, 5.74) is 6.68. The highest BCUT2D eigenvalue weighted by atomic mass is 32.2. The van der Waals surface area contributed by atoms with Crippen molar-refractivity contribution < 1.29 is 4.79 Å². The molecule has 0 atom stereocenters. The molecule has 0 aliphatic rings. The first kappa shape index (κ1) is 22.6. The molecule has 5 aromatic rings. The van der Waals surface area contributed by atoms with Crippen molar-refractivity contribution in [2.24, 2.45) is 0 Å². The predicted octanol–water partition coefficient (Wildman–Crippen LogP) is 7.46.